The molecule has 1 N–H and O–H groups in total. The molecule has 2 saturated carbocycles. The highest BCUT2D eigenvalue weighted by molar-refractivity contribution is 8.06. The third-order valence-electron chi connectivity index (χ3n) is 4.70. The maximum atomic E-state index is 10.3. The van der Waals surface area contributed by atoms with Gasteiger partial charge in [-0.2, -0.15) is 23.5 Å². The van der Waals surface area contributed by atoms with E-state index in [1.54, 1.807) is 0 Å². The van der Waals surface area contributed by atoms with Crippen LogP contribution in [0.5, 0.6) is 0 Å². The summed E-state index contributed by atoms with van der Waals surface area (Å²) in [6.45, 7) is 0. The summed E-state index contributed by atoms with van der Waals surface area (Å²) in [4.78, 5) is 0. The van der Waals surface area contributed by atoms with Crippen molar-refractivity contribution in [2.24, 2.45) is 17.8 Å². The predicted octanol–water partition coefficient (Wildman–Crippen LogP) is 3.02. The van der Waals surface area contributed by atoms with Gasteiger partial charge in [0.2, 0.25) is 0 Å². The van der Waals surface area contributed by atoms with Gasteiger partial charge in [-0.15, -0.1) is 0 Å². The first-order valence-electron chi connectivity index (χ1n) is 6.70. The highest BCUT2D eigenvalue weighted by atomic mass is 32.2. The van der Waals surface area contributed by atoms with Crippen molar-refractivity contribution in [1.82, 2.24) is 0 Å². The van der Waals surface area contributed by atoms with Crippen molar-refractivity contribution in [3.8, 4) is 0 Å². The molecule has 2 bridgehead atoms. The second-order valence-electron chi connectivity index (χ2n) is 5.72. The molecular formula is C13H22OS2. The van der Waals surface area contributed by atoms with Gasteiger partial charge in [-0.05, 0) is 43.4 Å². The number of hydrogen-bond acceptors (Lipinski definition) is 3. The monoisotopic (exact) mass is 258 g/mol. The smallest absolute Gasteiger partial charge is 0.0669 e. The lowest BCUT2D eigenvalue weighted by Gasteiger charge is -2.30. The van der Waals surface area contributed by atoms with Crippen molar-refractivity contribution >= 4 is 23.5 Å². The fraction of sp³-hybridized carbons (Fsp3) is 1.00. The molecular weight excluding hydrogens is 236 g/mol. The minimum atomic E-state index is -0.0258. The van der Waals surface area contributed by atoms with Gasteiger partial charge in [0.05, 0.1) is 6.10 Å². The normalized spacial score (nSPS) is 44.8. The van der Waals surface area contributed by atoms with Crippen molar-refractivity contribution < 1.29 is 5.11 Å². The Morgan fingerprint density at radius 3 is 2.75 bits per heavy atom. The molecule has 1 nitrogen and oxygen atoms in total. The molecule has 3 fully saturated rings. The number of thioether (sulfide) groups is 2. The van der Waals surface area contributed by atoms with Crippen LogP contribution in [0, 0.1) is 17.8 Å². The largest absolute Gasteiger partial charge is 0.392 e. The highest BCUT2D eigenvalue weighted by Gasteiger charge is 2.40. The Hall–Kier alpha value is 0.660. The molecule has 0 aromatic carbocycles. The van der Waals surface area contributed by atoms with E-state index in [2.05, 4.69) is 0 Å². The molecule has 0 spiro atoms. The van der Waals surface area contributed by atoms with Gasteiger partial charge in [0.25, 0.3) is 0 Å². The number of aliphatic hydroxyl groups excluding tert-OH is 1. The quantitative estimate of drug-likeness (QED) is 0.840. The summed E-state index contributed by atoms with van der Waals surface area (Å²) in [5.74, 6) is 6.55. The van der Waals surface area contributed by atoms with Gasteiger partial charge >= 0.3 is 0 Å². The number of fused-ring (bicyclic) bond motifs is 2. The van der Waals surface area contributed by atoms with E-state index in [1.807, 2.05) is 23.5 Å². The zero-order chi connectivity index (χ0) is 11.0. The fourth-order valence-corrected chi connectivity index (χ4v) is 6.64. The standard InChI is InChI=1S/C13H22OS2/c14-12(13-8-15-3-4-16-13)7-11-6-9-1-2-10(11)5-9/h9-14H,1-8H2. The van der Waals surface area contributed by atoms with Gasteiger partial charge < -0.3 is 5.11 Å². The number of rotatable bonds is 3. The molecule has 2 aliphatic carbocycles. The van der Waals surface area contributed by atoms with Crippen LogP contribution >= 0.6 is 23.5 Å². The molecule has 5 atom stereocenters. The molecule has 1 saturated heterocycles. The van der Waals surface area contributed by atoms with Gasteiger partial charge in [0, 0.05) is 22.5 Å². The summed E-state index contributed by atoms with van der Waals surface area (Å²) in [5.41, 5.74) is 0. The molecule has 0 amide bonds. The average molecular weight is 258 g/mol. The highest BCUT2D eigenvalue weighted by Crippen LogP contribution is 2.50. The van der Waals surface area contributed by atoms with Gasteiger partial charge in [0.15, 0.2) is 0 Å². The first-order valence-corrected chi connectivity index (χ1v) is 8.90. The van der Waals surface area contributed by atoms with Crippen LogP contribution in [0.15, 0.2) is 0 Å². The summed E-state index contributed by atoms with van der Waals surface area (Å²) in [5, 5.41) is 10.9. The van der Waals surface area contributed by atoms with E-state index >= 15 is 0 Å². The molecule has 5 unspecified atom stereocenters. The lowest BCUT2D eigenvalue weighted by atomic mass is 9.84. The Morgan fingerprint density at radius 1 is 1.19 bits per heavy atom. The van der Waals surface area contributed by atoms with Crippen LogP contribution in [0.2, 0.25) is 0 Å². The molecule has 3 rings (SSSR count). The lowest BCUT2D eigenvalue weighted by molar-refractivity contribution is 0.126. The first-order chi connectivity index (χ1) is 7.83. The van der Waals surface area contributed by atoms with E-state index < -0.39 is 0 Å². The van der Waals surface area contributed by atoms with Crippen molar-refractivity contribution in [2.75, 3.05) is 17.3 Å². The maximum absolute atomic E-state index is 10.3. The topological polar surface area (TPSA) is 20.2 Å². The minimum absolute atomic E-state index is 0.0258. The van der Waals surface area contributed by atoms with E-state index in [1.165, 1.54) is 42.9 Å². The van der Waals surface area contributed by atoms with Gasteiger partial charge in [-0.25, -0.2) is 0 Å². The maximum Gasteiger partial charge on any atom is 0.0669 e. The van der Waals surface area contributed by atoms with Crippen LogP contribution < -0.4 is 0 Å². The molecule has 3 heteroatoms. The van der Waals surface area contributed by atoms with Crippen molar-refractivity contribution in [3.05, 3.63) is 0 Å². The fourth-order valence-electron chi connectivity index (χ4n) is 3.86. The summed E-state index contributed by atoms with van der Waals surface area (Å²) in [6, 6.07) is 0. The minimum Gasteiger partial charge on any atom is -0.392 e. The Kier molecular flexibility index (Phi) is 3.75. The van der Waals surface area contributed by atoms with E-state index in [-0.39, 0.29) is 6.10 Å². The average Bonchev–Trinajstić information content (AvgIpc) is 2.92. The SMILES string of the molecule is OC(CC1CC2CCC1C2)C1CSCCS1. The van der Waals surface area contributed by atoms with Crippen LogP contribution in [-0.4, -0.2) is 33.7 Å². The predicted molar refractivity (Wildman–Crippen MR) is 73.1 cm³/mol. The van der Waals surface area contributed by atoms with Crippen molar-refractivity contribution in [3.63, 3.8) is 0 Å². The summed E-state index contributed by atoms with van der Waals surface area (Å²) < 4.78 is 0. The molecule has 0 aromatic rings. The van der Waals surface area contributed by atoms with Crippen LogP contribution in [0.25, 0.3) is 0 Å². The zero-order valence-corrected chi connectivity index (χ0v) is 11.4. The van der Waals surface area contributed by atoms with Gasteiger partial charge in [0.1, 0.15) is 0 Å². The Bertz CT molecular complexity index is 240. The molecule has 0 aromatic heterocycles. The molecule has 3 aliphatic rings. The van der Waals surface area contributed by atoms with E-state index in [0.717, 1.165) is 24.2 Å². The number of aliphatic hydroxyl groups is 1. The van der Waals surface area contributed by atoms with Crippen LogP contribution in [0.3, 0.4) is 0 Å². The van der Waals surface area contributed by atoms with Crippen LogP contribution in [-0.2, 0) is 0 Å². The molecule has 16 heavy (non-hydrogen) atoms. The zero-order valence-electron chi connectivity index (χ0n) is 9.81. The van der Waals surface area contributed by atoms with Gasteiger partial charge in [-0.1, -0.05) is 6.42 Å². The van der Waals surface area contributed by atoms with Gasteiger partial charge in [-0.3, -0.25) is 0 Å². The first kappa shape index (κ1) is 11.7. The van der Waals surface area contributed by atoms with Crippen molar-refractivity contribution in [2.45, 2.75) is 43.5 Å². The Morgan fingerprint density at radius 2 is 2.12 bits per heavy atom. The second-order valence-corrected chi connectivity index (χ2v) is 8.22. The van der Waals surface area contributed by atoms with E-state index in [9.17, 15) is 5.11 Å². The Balaban J connectivity index is 1.50. The van der Waals surface area contributed by atoms with Crippen LogP contribution in [0.4, 0.5) is 0 Å². The summed E-state index contributed by atoms with van der Waals surface area (Å²) in [7, 11) is 0. The third-order valence-corrected chi connectivity index (χ3v) is 7.61. The lowest BCUT2D eigenvalue weighted by Crippen LogP contribution is -2.31. The third kappa shape index (κ3) is 2.41. The molecule has 1 aliphatic heterocycles. The van der Waals surface area contributed by atoms with E-state index in [0.29, 0.717) is 5.25 Å². The molecule has 1 heterocycles. The summed E-state index contributed by atoms with van der Waals surface area (Å²) in [6.07, 6.45) is 6.90. The molecule has 0 radical (unpaired) electrons. The molecule has 92 valence electrons. The number of hydrogen-bond donors (Lipinski definition) is 1. The van der Waals surface area contributed by atoms with Crippen LogP contribution in [0.1, 0.15) is 32.1 Å². The van der Waals surface area contributed by atoms with E-state index in [4.69, 9.17) is 0 Å². The van der Waals surface area contributed by atoms with Crippen molar-refractivity contribution in [1.29, 1.82) is 0 Å². The summed E-state index contributed by atoms with van der Waals surface area (Å²) >= 11 is 4.03. The second kappa shape index (κ2) is 5.11. The Labute approximate surface area is 107 Å².